The maximum absolute atomic E-state index is 12.7. The molecule has 6 nitrogen and oxygen atoms in total. The van der Waals surface area contributed by atoms with E-state index in [1.54, 1.807) is 13.0 Å². The first-order chi connectivity index (χ1) is 17.3. The molecular formula is C31H52O6Si. The van der Waals surface area contributed by atoms with Gasteiger partial charge in [-0.2, -0.15) is 0 Å². The summed E-state index contributed by atoms with van der Waals surface area (Å²) in [6.45, 7) is 26.4. The summed E-state index contributed by atoms with van der Waals surface area (Å²) in [6.07, 6.45) is 7.11. The van der Waals surface area contributed by atoms with Gasteiger partial charge in [0.05, 0.1) is 18.8 Å². The van der Waals surface area contributed by atoms with Crippen molar-refractivity contribution in [2.24, 2.45) is 22.7 Å². The van der Waals surface area contributed by atoms with Gasteiger partial charge in [-0.25, -0.2) is 0 Å². The number of ketones is 1. The van der Waals surface area contributed by atoms with E-state index in [-0.39, 0.29) is 47.6 Å². The number of carbonyl (C=O) groups excluding carboxylic acids is 2. The van der Waals surface area contributed by atoms with E-state index in [1.165, 1.54) is 5.57 Å². The summed E-state index contributed by atoms with van der Waals surface area (Å²) in [6, 6.07) is 0. The maximum Gasteiger partial charge on any atom is 0.313 e. The fourth-order valence-corrected chi connectivity index (χ4v) is 7.77. The van der Waals surface area contributed by atoms with Crippen molar-refractivity contribution in [3.63, 3.8) is 0 Å². The minimum absolute atomic E-state index is 0.0147. The molecule has 0 N–H and O–H groups in total. The predicted octanol–water partition coefficient (Wildman–Crippen LogP) is 6.99. The fraction of sp³-hybridized carbons (Fsp3) is 0.806. The van der Waals surface area contributed by atoms with Gasteiger partial charge in [0.15, 0.2) is 19.9 Å². The van der Waals surface area contributed by atoms with Crippen molar-refractivity contribution < 1.29 is 28.2 Å². The molecule has 0 spiro atoms. The van der Waals surface area contributed by atoms with E-state index in [4.69, 9.17) is 18.6 Å². The lowest BCUT2D eigenvalue weighted by molar-refractivity contribution is -0.162. The van der Waals surface area contributed by atoms with Crippen LogP contribution in [0.5, 0.6) is 0 Å². The van der Waals surface area contributed by atoms with Crippen LogP contribution in [0.4, 0.5) is 0 Å². The number of ether oxygens (including phenoxy) is 3. The first kappa shape index (κ1) is 31.2. The van der Waals surface area contributed by atoms with Gasteiger partial charge in [0, 0.05) is 5.41 Å². The molecule has 38 heavy (non-hydrogen) atoms. The molecule has 3 rings (SSSR count). The summed E-state index contributed by atoms with van der Waals surface area (Å²) in [5.74, 6) is -0.630. The third-order valence-electron chi connectivity index (χ3n) is 9.57. The molecule has 7 heteroatoms. The van der Waals surface area contributed by atoms with Crippen molar-refractivity contribution in [1.82, 2.24) is 0 Å². The molecule has 6 atom stereocenters. The highest BCUT2D eigenvalue weighted by Gasteiger charge is 2.63. The standard InChI is InChI=1S/C31H52O6Si/c1-13-34-24(33)18-21(32)14-15-30(9)16-17-31(10)22(19-23(30)37-38(11,12)28(4,5)6)26-27(25(31)20(2)3)36-29(7,8)35-26/h14-15,19-20,23,25-27H,13,16-18H2,1-12H3/b15-14+/t23-,25-,26+,27-,30-,31-/m0/s1. The number of rotatable bonds is 8. The van der Waals surface area contributed by atoms with E-state index in [9.17, 15) is 9.59 Å². The van der Waals surface area contributed by atoms with E-state index in [0.29, 0.717) is 11.8 Å². The van der Waals surface area contributed by atoms with Crippen molar-refractivity contribution in [3.05, 3.63) is 23.8 Å². The van der Waals surface area contributed by atoms with Gasteiger partial charge >= 0.3 is 5.97 Å². The molecule has 0 unspecified atom stereocenters. The Hall–Kier alpha value is -1.28. The quantitative estimate of drug-likeness (QED) is 0.107. The number of esters is 1. The van der Waals surface area contributed by atoms with Crippen molar-refractivity contribution >= 4 is 20.1 Å². The van der Waals surface area contributed by atoms with Crippen LogP contribution in [-0.4, -0.2) is 50.8 Å². The Balaban J connectivity index is 2.08. The van der Waals surface area contributed by atoms with Crippen LogP contribution >= 0.6 is 0 Å². The molecule has 0 bridgehead atoms. The van der Waals surface area contributed by atoms with Crippen LogP contribution in [0.1, 0.15) is 88.5 Å². The van der Waals surface area contributed by atoms with E-state index < -0.39 is 25.5 Å². The predicted molar refractivity (Wildman–Crippen MR) is 153 cm³/mol. The van der Waals surface area contributed by atoms with Crippen LogP contribution in [0.25, 0.3) is 0 Å². The summed E-state index contributed by atoms with van der Waals surface area (Å²) >= 11 is 0. The Bertz CT molecular complexity index is 973. The zero-order valence-electron chi connectivity index (χ0n) is 25.9. The average Bonchev–Trinajstić information content (AvgIpc) is 3.12. The molecule has 1 aliphatic heterocycles. The lowest BCUT2D eigenvalue weighted by atomic mass is 9.68. The minimum Gasteiger partial charge on any atom is -0.466 e. The van der Waals surface area contributed by atoms with Crippen LogP contribution in [0, 0.1) is 22.7 Å². The highest BCUT2D eigenvalue weighted by Crippen LogP contribution is 2.62. The van der Waals surface area contributed by atoms with Crippen LogP contribution in [-0.2, 0) is 28.2 Å². The number of carbonyl (C=O) groups is 2. The lowest BCUT2D eigenvalue weighted by Gasteiger charge is -2.43. The molecule has 3 aliphatic rings. The van der Waals surface area contributed by atoms with E-state index in [2.05, 4.69) is 67.6 Å². The van der Waals surface area contributed by atoms with Crippen LogP contribution in [0.15, 0.2) is 23.8 Å². The van der Waals surface area contributed by atoms with Crippen molar-refractivity contribution in [2.45, 2.75) is 131 Å². The summed E-state index contributed by atoms with van der Waals surface area (Å²) in [7, 11) is -2.18. The maximum atomic E-state index is 12.7. The first-order valence-electron chi connectivity index (χ1n) is 14.4. The summed E-state index contributed by atoms with van der Waals surface area (Å²) in [5, 5.41) is 0.0269. The monoisotopic (exact) mass is 548 g/mol. The summed E-state index contributed by atoms with van der Waals surface area (Å²) in [4.78, 5) is 24.6. The van der Waals surface area contributed by atoms with Gasteiger partial charge < -0.3 is 18.6 Å². The summed E-state index contributed by atoms with van der Waals surface area (Å²) in [5.41, 5.74) is 0.757. The van der Waals surface area contributed by atoms with Crippen LogP contribution < -0.4 is 0 Å². The molecule has 1 saturated heterocycles. The smallest absolute Gasteiger partial charge is 0.313 e. The normalized spacial score (nSPS) is 35.1. The van der Waals surface area contributed by atoms with Gasteiger partial charge in [-0.3, -0.25) is 9.59 Å². The van der Waals surface area contributed by atoms with Gasteiger partial charge in [-0.15, -0.1) is 0 Å². The molecule has 1 heterocycles. The second-order valence-corrected chi connectivity index (χ2v) is 19.2. The third kappa shape index (κ3) is 6.06. The van der Waals surface area contributed by atoms with Gasteiger partial charge in [0.1, 0.15) is 12.5 Å². The van der Waals surface area contributed by atoms with Crippen molar-refractivity contribution in [3.8, 4) is 0 Å². The molecule has 2 fully saturated rings. The van der Waals surface area contributed by atoms with Crippen LogP contribution in [0.3, 0.4) is 0 Å². The second-order valence-electron chi connectivity index (χ2n) is 14.4. The summed E-state index contributed by atoms with van der Waals surface area (Å²) < 4.78 is 25.2. The van der Waals surface area contributed by atoms with E-state index in [0.717, 1.165) is 12.8 Å². The molecule has 1 saturated carbocycles. The van der Waals surface area contributed by atoms with Gasteiger partial charge in [0.25, 0.3) is 0 Å². The molecule has 0 aromatic heterocycles. The Kier molecular flexibility index (Phi) is 8.72. The van der Waals surface area contributed by atoms with Crippen molar-refractivity contribution in [2.75, 3.05) is 6.61 Å². The van der Waals surface area contributed by atoms with E-state index in [1.807, 2.05) is 19.9 Å². The number of hydrogen-bond acceptors (Lipinski definition) is 6. The first-order valence-corrected chi connectivity index (χ1v) is 17.3. The number of fused-ring (bicyclic) bond motifs is 3. The highest BCUT2D eigenvalue weighted by atomic mass is 28.4. The SMILES string of the molecule is CCOC(=O)CC(=O)/C=C/[C@@]1(C)CC[C@@]2(C)C(=C[C@@H]1O[Si](C)(C)C(C)(C)C)[C@H]1OC(C)(C)O[C@H]1[C@@H]2C(C)C. The van der Waals surface area contributed by atoms with E-state index >= 15 is 0 Å². The molecule has 2 aliphatic carbocycles. The molecule has 0 amide bonds. The average molecular weight is 549 g/mol. The number of hydrogen-bond donors (Lipinski definition) is 0. The van der Waals surface area contributed by atoms with Gasteiger partial charge in [0.2, 0.25) is 0 Å². The van der Waals surface area contributed by atoms with Gasteiger partial charge in [-0.05, 0) is 80.6 Å². The molecule has 0 aromatic rings. The van der Waals surface area contributed by atoms with Gasteiger partial charge in [-0.1, -0.05) is 60.6 Å². The topological polar surface area (TPSA) is 71.1 Å². The minimum atomic E-state index is -2.18. The Morgan fingerprint density at radius 3 is 2.32 bits per heavy atom. The highest BCUT2D eigenvalue weighted by molar-refractivity contribution is 6.74. The van der Waals surface area contributed by atoms with Crippen molar-refractivity contribution in [1.29, 1.82) is 0 Å². The second kappa shape index (κ2) is 10.6. The zero-order chi connectivity index (χ0) is 28.9. The fourth-order valence-electron chi connectivity index (χ4n) is 6.45. The molecule has 0 aromatic carbocycles. The lowest BCUT2D eigenvalue weighted by Crippen LogP contribution is -2.47. The Labute approximate surface area is 232 Å². The molecule has 0 radical (unpaired) electrons. The Morgan fingerprint density at radius 2 is 1.76 bits per heavy atom. The van der Waals surface area contributed by atoms with Crippen LogP contribution in [0.2, 0.25) is 18.1 Å². The third-order valence-corrected chi connectivity index (χ3v) is 14.0. The molecular weight excluding hydrogens is 496 g/mol. The molecule has 216 valence electrons. The largest absolute Gasteiger partial charge is 0.466 e. The number of allylic oxidation sites excluding steroid dienone is 1. The Morgan fingerprint density at radius 1 is 1.13 bits per heavy atom. The zero-order valence-corrected chi connectivity index (χ0v) is 26.9.